The van der Waals surface area contributed by atoms with E-state index in [1.165, 1.54) is 49.6 Å². The minimum atomic E-state index is -3.81. The third kappa shape index (κ3) is 4.04. The minimum Gasteiger partial charge on any atom is -0.497 e. The van der Waals surface area contributed by atoms with E-state index in [1.807, 2.05) is 0 Å². The number of anilines is 1. The number of carbonyl (C=O) groups excluding carboxylic acids is 1. The van der Waals surface area contributed by atoms with E-state index < -0.39 is 15.7 Å². The van der Waals surface area contributed by atoms with Crippen molar-refractivity contribution in [2.45, 2.75) is 16.2 Å². The van der Waals surface area contributed by atoms with E-state index in [4.69, 9.17) is 21.6 Å². The predicted molar refractivity (Wildman–Crippen MR) is 88.8 cm³/mol. The van der Waals surface area contributed by atoms with Gasteiger partial charge >= 0.3 is 0 Å². The molecule has 0 fully saturated rings. The fraction of sp³-hybridized carbons (Fsp3) is 0.125. The molecule has 0 atom stereocenters. The number of nitriles is 1. The summed E-state index contributed by atoms with van der Waals surface area (Å²) in [6, 6.07) is 11.6. The standard InChI is InChI=1S/C16H13ClN2O4S/c1-23-13-8-12(19-16(20)6-7-18)9-15(10-13)24(21,22)14-4-2-11(17)3-5-14/h2-5,8-10H,6H2,1H3,(H,19,20). The number of hydrogen-bond donors (Lipinski definition) is 1. The lowest BCUT2D eigenvalue weighted by molar-refractivity contribution is -0.115. The van der Waals surface area contributed by atoms with Crippen LogP contribution in [-0.4, -0.2) is 21.4 Å². The van der Waals surface area contributed by atoms with Gasteiger partial charge in [0, 0.05) is 16.8 Å². The Hall–Kier alpha value is -2.56. The van der Waals surface area contributed by atoms with Crippen molar-refractivity contribution in [3.05, 3.63) is 47.5 Å². The normalized spacial score (nSPS) is 10.7. The predicted octanol–water partition coefficient (Wildman–Crippen LogP) is 3.03. The maximum atomic E-state index is 12.7. The van der Waals surface area contributed by atoms with E-state index in [2.05, 4.69) is 5.32 Å². The quantitative estimate of drug-likeness (QED) is 0.879. The molecule has 0 saturated heterocycles. The number of sulfone groups is 1. The number of benzene rings is 2. The third-order valence-corrected chi connectivity index (χ3v) is 5.07. The Balaban J connectivity index is 2.47. The molecule has 24 heavy (non-hydrogen) atoms. The van der Waals surface area contributed by atoms with E-state index in [0.29, 0.717) is 5.02 Å². The van der Waals surface area contributed by atoms with Gasteiger partial charge in [-0.05, 0) is 36.4 Å². The number of nitrogens with one attached hydrogen (secondary N) is 1. The summed E-state index contributed by atoms with van der Waals surface area (Å²) in [5.41, 5.74) is 0.224. The molecule has 0 aliphatic rings. The molecule has 0 saturated carbocycles. The van der Waals surface area contributed by atoms with Crippen LogP contribution in [0.2, 0.25) is 5.02 Å². The molecule has 0 unspecified atom stereocenters. The molecule has 2 aromatic rings. The lowest BCUT2D eigenvalue weighted by Gasteiger charge is -2.11. The first-order valence-corrected chi connectivity index (χ1v) is 8.59. The van der Waals surface area contributed by atoms with Gasteiger partial charge in [0.1, 0.15) is 12.2 Å². The molecule has 6 nitrogen and oxygen atoms in total. The number of ether oxygens (including phenoxy) is 1. The van der Waals surface area contributed by atoms with Crippen molar-refractivity contribution < 1.29 is 17.9 Å². The second-order valence-corrected chi connectivity index (χ2v) is 7.12. The first-order valence-electron chi connectivity index (χ1n) is 6.73. The number of amides is 1. The fourth-order valence-corrected chi connectivity index (χ4v) is 3.39. The molecule has 8 heteroatoms. The van der Waals surface area contributed by atoms with Gasteiger partial charge in [0.25, 0.3) is 0 Å². The lowest BCUT2D eigenvalue weighted by Crippen LogP contribution is -2.11. The Morgan fingerprint density at radius 1 is 1.21 bits per heavy atom. The molecule has 0 spiro atoms. The van der Waals surface area contributed by atoms with Crippen LogP contribution in [0.3, 0.4) is 0 Å². The van der Waals surface area contributed by atoms with Crippen molar-refractivity contribution in [2.24, 2.45) is 0 Å². The van der Waals surface area contributed by atoms with Gasteiger partial charge in [-0.15, -0.1) is 0 Å². The van der Waals surface area contributed by atoms with E-state index in [1.54, 1.807) is 6.07 Å². The first-order chi connectivity index (χ1) is 11.4. The van der Waals surface area contributed by atoms with Gasteiger partial charge in [0.15, 0.2) is 0 Å². The fourth-order valence-electron chi connectivity index (χ4n) is 1.94. The molecular formula is C16H13ClN2O4S. The number of hydrogen-bond acceptors (Lipinski definition) is 5. The maximum absolute atomic E-state index is 12.7. The van der Waals surface area contributed by atoms with Gasteiger partial charge in [-0.25, -0.2) is 8.42 Å². The second kappa shape index (κ2) is 7.34. The van der Waals surface area contributed by atoms with Crippen LogP contribution in [0.5, 0.6) is 5.75 Å². The average molecular weight is 365 g/mol. The van der Waals surface area contributed by atoms with Gasteiger partial charge in [0.2, 0.25) is 15.7 Å². The first kappa shape index (κ1) is 17.8. The van der Waals surface area contributed by atoms with Crippen LogP contribution in [0.15, 0.2) is 52.3 Å². The van der Waals surface area contributed by atoms with Crippen molar-refractivity contribution in [2.75, 3.05) is 12.4 Å². The molecule has 1 N–H and O–H groups in total. The zero-order valence-electron chi connectivity index (χ0n) is 12.6. The number of methoxy groups -OCH3 is 1. The van der Waals surface area contributed by atoms with Crippen molar-refractivity contribution >= 4 is 33.0 Å². The Morgan fingerprint density at radius 2 is 1.88 bits per heavy atom. The van der Waals surface area contributed by atoms with Crippen molar-refractivity contribution in [1.82, 2.24) is 0 Å². The van der Waals surface area contributed by atoms with Gasteiger partial charge in [-0.3, -0.25) is 4.79 Å². The Kier molecular flexibility index (Phi) is 5.44. The Labute approximate surface area is 144 Å². The monoisotopic (exact) mass is 364 g/mol. The lowest BCUT2D eigenvalue weighted by atomic mass is 10.3. The second-order valence-electron chi connectivity index (χ2n) is 4.74. The highest BCUT2D eigenvalue weighted by molar-refractivity contribution is 7.91. The summed E-state index contributed by atoms with van der Waals surface area (Å²) in [5.74, 6) is -0.280. The molecule has 124 valence electrons. The molecule has 0 aliphatic carbocycles. The van der Waals surface area contributed by atoms with Crippen LogP contribution in [0.1, 0.15) is 6.42 Å². The summed E-state index contributed by atoms with van der Waals surface area (Å²) in [6.07, 6.45) is -0.337. The van der Waals surface area contributed by atoms with E-state index in [0.717, 1.165) is 0 Å². The highest BCUT2D eigenvalue weighted by Crippen LogP contribution is 2.29. The van der Waals surface area contributed by atoms with Crippen LogP contribution in [0, 0.1) is 11.3 Å². The molecule has 2 aromatic carbocycles. The van der Waals surface area contributed by atoms with Gasteiger partial charge in [0.05, 0.1) is 23.0 Å². The number of halogens is 1. The molecule has 0 aromatic heterocycles. The number of rotatable bonds is 5. The van der Waals surface area contributed by atoms with Gasteiger partial charge in [-0.2, -0.15) is 5.26 Å². The SMILES string of the molecule is COc1cc(NC(=O)CC#N)cc(S(=O)(=O)c2ccc(Cl)cc2)c1. The van der Waals surface area contributed by atoms with Gasteiger partial charge in [-0.1, -0.05) is 11.6 Å². The van der Waals surface area contributed by atoms with Crippen LogP contribution in [-0.2, 0) is 14.6 Å². The largest absolute Gasteiger partial charge is 0.497 e. The summed E-state index contributed by atoms with van der Waals surface area (Å²) >= 11 is 5.78. The van der Waals surface area contributed by atoms with E-state index >= 15 is 0 Å². The Bertz CT molecular complexity index is 903. The minimum absolute atomic E-state index is 0.0450. The summed E-state index contributed by atoms with van der Waals surface area (Å²) in [4.78, 5) is 11.6. The smallest absolute Gasteiger partial charge is 0.238 e. The van der Waals surface area contributed by atoms with Crippen LogP contribution >= 0.6 is 11.6 Å². The number of carbonyl (C=O) groups is 1. The van der Waals surface area contributed by atoms with Crippen LogP contribution < -0.4 is 10.1 Å². The highest BCUT2D eigenvalue weighted by atomic mass is 35.5. The molecule has 0 aliphatic heterocycles. The van der Waals surface area contributed by atoms with Crippen LogP contribution in [0.25, 0.3) is 0 Å². The zero-order valence-corrected chi connectivity index (χ0v) is 14.2. The molecular weight excluding hydrogens is 352 g/mol. The van der Waals surface area contributed by atoms with Crippen molar-refractivity contribution in [3.63, 3.8) is 0 Å². The van der Waals surface area contributed by atoms with E-state index in [-0.39, 0.29) is 27.6 Å². The summed E-state index contributed by atoms with van der Waals surface area (Å²) in [7, 11) is -2.43. The van der Waals surface area contributed by atoms with E-state index in [9.17, 15) is 13.2 Å². The molecule has 0 heterocycles. The maximum Gasteiger partial charge on any atom is 0.238 e. The van der Waals surface area contributed by atoms with Crippen molar-refractivity contribution in [3.8, 4) is 11.8 Å². The Morgan fingerprint density at radius 3 is 2.46 bits per heavy atom. The molecule has 0 bridgehead atoms. The zero-order chi connectivity index (χ0) is 17.7. The summed E-state index contributed by atoms with van der Waals surface area (Å²) in [6.45, 7) is 0. The molecule has 0 radical (unpaired) electrons. The van der Waals surface area contributed by atoms with Crippen molar-refractivity contribution in [1.29, 1.82) is 5.26 Å². The third-order valence-electron chi connectivity index (χ3n) is 3.07. The average Bonchev–Trinajstić information content (AvgIpc) is 2.55. The molecule has 1 amide bonds. The summed E-state index contributed by atoms with van der Waals surface area (Å²) < 4.78 is 30.5. The van der Waals surface area contributed by atoms with Crippen LogP contribution in [0.4, 0.5) is 5.69 Å². The topological polar surface area (TPSA) is 96.3 Å². The number of nitrogens with zero attached hydrogens (tertiary/aromatic N) is 1. The molecule has 2 rings (SSSR count). The highest BCUT2D eigenvalue weighted by Gasteiger charge is 2.20. The summed E-state index contributed by atoms with van der Waals surface area (Å²) in [5, 5.41) is 11.4. The van der Waals surface area contributed by atoms with Gasteiger partial charge < -0.3 is 10.1 Å².